The molecule has 0 aliphatic carbocycles. The number of furan rings is 1. The molecule has 3 aromatic rings. The average Bonchev–Trinajstić information content (AvgIpc) is 3.57. The summed E-state index contributed by atoms with van der Waals surface area (Å²) >= 11 is 0. The first-order valence-electron chi connectivity index (χ1n) is 12.7. The number of methoxy groups -OCH3 is 1. The number of hydrogen-bond donors (Lipinski definition) is 3. The van der Waals surface area contributed by atoms with E-state index in [1.807, 2.05) is 4.90 Å². The van der Waals surface area contributed by atoms with Crippen LogP contribution in [0.3, 0.4) is 0 Å². The number of carbonyl (C=O) groups is 2. The molecule has 3 aliphatic rings. The fraction of sp³-hybridized carbons (Fsp3) is 0.423. The summed E-state index contributed by atoms with van der Waals surface area (Å²) in [5.41, 5.74) is -0.998. The minimum Gasteiger partial charge on any atom is -0.494 e. The SMILES string of the molecule is CCN1CCN(c2nc3cc(C4(CN5Cc6ccc(OC)c(F)c6C5=O)NC(O)NC4=O)oc3cc2F)CC1. The van der Waals surface area contributed by atoms with Crippen LogP contribution in [0.1, 0.15) is 28.6 Å². The van der Waals surface area contributed by atoms with E-state index in [0.717, 1.165) is 19.6 Å². The van der Waals surface area contributed by atoms with Crippen LogP contribution in [-0.2, 0) is 16.9 Å². The Bertz CT molecular complexity index is 1470. The predicted octanol–water partition coefficient (Wildman–Crippen LogP) is 1.10. The summed E-state index contributed by atoms with van der Waals surface area (Å²) in [7, 11) is 1.31. The summed E-state index contributed by atoms with van der Waals surface area (Å²) in [6.45, 7) is 5.55. The van der Waals surface area contributed by atoms with Crippen LogP contribution in [0.25, 0.3) is 11.1 Å². The van der Waals surface area contributed by atoms with Gasteiger partial charge >= 0.3 is 0 Å². The lowest BCUT2D eigenvalue weighted by Crippen LogP contribution is -2.53. The first-order chi connectivity index (χ1) is 18.7. The molecule has 0 spiro atoms. The van der Waals surface area contributed by atoms with Gasteiger partial charge < -0.3 is 34.3 Å². The number of rotatable bonds is 6. The van der Waals surface area contributed by atoms with Crippen molar-refractivity contribution >= 4 is 28.7 Å². The molecule has 2 fully saturated rings. The van der Waals surface area contributed by atoms with E-state index in [4.69, 9.17) is 9.15 Å². The van der Waals surface area contributed by atoms with Crippen LogP contribution in [0.5, 0.6) is 5.75 Å². The summed E-state index contributed by atoms with van der Waals surface area (Å²) in [6.07, 6.45) is -1.43. The Morgan fingerprint density at radius 2 is 1.97 bits per heavy atom. The molecular formula is C26H28F2N6O5. The van der Waals surface area contributed by atoms with E-state index < -0.39 is 35.3 Å². The third-order valence-corrected chi connectivity index (χ3v) is 7.72. The van der Waals surface area contributed by atoms with E-state index in [1.54, 1.807) is 6.07 Å². The molecule has 206 valence electrons. The molecule has 0 radical (unpaired) electrons. The zero-order valence-corrected chi connectivity index (χ0v) is 21.5. The van der Waals surface area contributed by atoms with Crippen molar-refractivity contribution in [3.8, 4) is 5.75 Å². The number of nitrogens with one attached hydrogen (secondary N) is 2. The van der Waals surface area contributed by atoms with Gasteiger partial charge in [0.1, 0.15) is 11.3 Å². The summed E-state index contributed by atoms with van der Waals surface area (Å²) in [5, 5.41) is 15.4. The van der Waals surface area contributed by atoms with Gasteiger partial charge in [0.05, 0.1) is 19.2 Å². The highest BCUT2D eigenvalue weighted by atomic mass is 19.1. The van der Waals surface area contributed by atoms with Gasteiger partial charge in [-0.2, -0.15) is 0 Å². The normalized spacial score (nSPS) is 23.6. The number of benzene rings is 1. The number of piperazine rings is 1. The second-order valence-electron chi connectivity index (χ2n) is 9.91. The Kier molecular flexibility index (Phi) is 6.16. The minimum atomic E-state index is -1.73. The number of aromatic nitrogens is 1. The molecule has 2 unspecified atom stereocenters. The first kappa shape index (κ1) is 25.5. The van der Waals surface area contributed by atoms with Crippen molar-refractivity contribution in [1.82, 2.24) is 25.4 Å². The molecule has 1 aromatic carbocycles. The van der Waals surface area contributed by atoms with Gasteiger partial charge in [-0.25, -0.2) is 13.8 Å². The van der Waals surface area contributed by atoms with Crippen LogP contribution in [0.4, 0.5) is 14.6 Å². The highest BCUT2D eigenvalue weighted by molar-refractivity contribution is 6.00. The van der Waals surface area contributed by atoms with Crippen LogP contribution in [0.2, 0.25) is 0 Å². The molecule has 13 heteroatoms. The summed E-state index contributed by atoms with van der Waals surface area (Å²) in [5.74, 6) is -2.47. The zero-order chi connectivity index (χ0) is 27.5. The number of amides is 2. The maximum atomic E-state index is 15.1. The molecule has 2 aromatic heterocycles. The minimum absolute atomic E-state index is 0.0306. The van der Waals surface area contributed by atoms with Crippen molar-refractivity contribution in [2.45, 2.75) is 25.4 Å². The van der Waals surface area contributed by atoms with Gasteiger partial charge in [-0.05, 0) is 18.2 Å². The van der Waals surface area contributed by atoms with Gasteiger partial charge in [0.15, 0.2) is 40.7 Å². The number of pyridine rings is 1. The molecule has 2 atom stereocenters. The van der Waals surface area contributed by atoms with Crippen molar-refractivity contribution in [1.29, 1.82) is 0 Å². The zero-order valence-electron chi connectivity index (χ0n) is 21.5. The Labute approximate surface area is 222 Å². The number of aliphatic hydroxyl groups excluding tert-OH is 1. The molecule has 5 heterocycles. The van der Waals surface area contributed by atoms with Gasteiger partial charge in [0.2, 0.25) is 0 Å². The highest BCUT2D eigenvalue weighted by Crippen LogP contribution is 2.37. The van der Waals surface area contributed by atoms with E-state index in [9.17, 15) is 19.1 Å². The van der Waals surface area contributed by atoms with Gasteiger partial charge in [-0.3, -0.25) is 14.9 Å². The van der Waals surface area contributed by atoms with E-state index in [2.05, 4.69) is 27.4 Å². The first-order valence-corrected chi connectivity index (χ1v) is 12.7. The summed E-state index contributed by atoms with van der Waals surface area (Å²) in [4.78, 5) is 36.4. The number of nitrogens with zero attached hydrogens (tertiary/aromatic N) is 4. The third-order valence-electron chi connectivity index (χ3n) is 7.72. The average molecular weight is 543 g/mol. The number of halogens is 2. The smallest absolute Gasteiger partial charge is 0.257 e. The van der Waals surface area contributed by atoms with Crippen LogP contribution in [-0.4, -0.2) is 84.4 Å². The molecule has 3 N–H and O–H groups in total. The van der Waals surface area contributed by atoms with Crippen molar-refractivity contribution in [2.24, 2.45) is 0 Å². The molecule has 39 heavy (non-hydrogen) atoms. The molecule has 0 saturated carbocycles. The van der Waals surface area contributed by atoms with Gasteiger partial charge in [-0.15, -0.1) is 0 Å². The maximum absolute atomic E-state index is 15.1. The topological polar surface area (TPSA) is 123 Å². The fourth-order valence-corrected chi connectivity index (χ4v) is 5.57. The third kappa shape index (κ3) is 4.08. The Balaban J connectivity index is 1.34. The van der Waals surface area contributed by atoms with Crippen molar-refractivity contribution in [3.63, 3.8) is 0 Å². The monoisotopic (exact) mass is 542 g/mol. The van der Waals surface area contributed by atoms with Crippen molar-refractivity contribution in [3.05, 3.63) is 52.8 Å². The fourth-order valence-electron chi connectivity index (χ4n) is 5.57. The van der Waals surface area contributed by atoms with E-state index in [-0.39, 0.29) is 41.6 Å². The van der Waals surface area contributed by atoms with E-state index in [1.165, 1.54) is 30.2 Å². The van der Waals surface area contributed by atoms with Crippen LogP contribution < -0.4 is 20.3 Å². The van der Waals surface area contributed by atoms with Crippen LogP contribution in [0, 0.1) is 11.6 Å². The molecular weight excluding hydrogens is 514 g/mol. The molecule has 2 saturated heterocycles. The summed E-state index contributed by atoms with van der Waals surface area (Å²) < 4.78 is 40.9. The maximum Gasteiger partial charge on any atom is 0.257 e. The number of likely N-dealkylation sites (N-methyl/N-ethyl adjacent to an activating group) is 1. The number of ether oxygens (including phenoxy) is 1. The lowest BCUT2D eigenvalue weighted by atomic mass is 9.95. The molecule has 11 nitrogen and oxygen atoms in total. The van der Waals surface area contributed by atoms with E-state index in [0.29, 0.717) is 24.2 Å². The number of anilines is 1. The Hall–Kier alpha value is -3.81. The van der Waals surface area contributed by atoms with Crippen LogP contribution in [0.15, 0.2) is 28.7 Å². The predicted molar refractivity (Wildman–Crippen MR) is 135 cm³/mol. The second kappa shape index (κ2) is 9.43. The standard InChI is InChI=1S/C26H28F2N6O5/c1-3-32-6-8-33(9-7-32)22-15(27)10-18-16(29-22)11-19(39-18)26(24(36)30-25(37)31-26)13-34-12-14-4-5-17(38-2)21(28)20(14)23(34)35/h4-5,10-11,25,31,37H,3,6-9,12-13H2,1-2H3,(H,30,36). The second-order valence-corrected chi connectivity index (χ2v) is 9.91. The molecule has 6 rings (SSSR count). The lowest BCUT2D eigenvalue weighted by molar-refractivity contribution is -0.125. The van der Waals surface area contributed by atoms with Crippen LogP contribution >= 0.6 is 0 Å². The number of aliphatic hydroxyl groups is 1. The van der Waals surface area contributed by atoms with Gasteiger partial charge in [-0.1, -0.05) is 13.0 Å². The summed E-state index contributed by atoms with van der Waals surface area (Å²) in [6, 6.07) is 5.75. The molecule has 0 bridgehead atoms. The number of carbonyl (C=O) groups excluding carboxylic acids is 2. The largest absolute Gasteiger partial charge is 0.494 e. The van der Waals surface area contributed by atoms with Crippen molar-refractivity contribution < 1.29 is 32.6 Å². The Morgan fingerprint density at radius 1 is 1.21 bits per heavy atom. The van der Waals surface area contributed by atoms with Gasteiger partial charge in [0, 0.05) is 44.9 Å². The Morgan fingerprint density at radius 3 is 2.64 bits per heavy atom. The number of hydrogen-bond acceptors (Lipinski definition) is 9. The number of fused-ring (bicyclic) bond motifs is 2. The lowest BCUT2D eigenvalue weighted by Gasteiger charge is -2.34. The molecule has 3 aliphatic heterocycles. The highest BCUT2D eigenvalue weighted by Gasteiger charge is 2.53. The molecule has 2 amide bonds. The van der Waals surface area contributed by atoms with Crippen molar-refractivity contribution in [2.75, 3.05) is 51.3 Å². The van der Waals surface area contributed by atoms with E-state index >= 15 is 4.39 Å². The van der Waals surface area contributed by atoms with Gasteiger partial charge in [0.25, 0.3) is 11.8 Å². The quantitative estimate of drug-likeness (QED) is 0.420.